The minimum absolute atomic E-state index is 0. The summed E-state index contributed by atoms with van der Waals surface area (Å²) < 4.78 is 0. The van der Waals surface area contributed by atoms with Crippen molar-refractivity contribution < 1.29 is 6.22 Å². The zero-order valence-corrected chi connectivity index (χ0v) is 6.95. The monoisotopic (exact) mass is 163 g/mol. The Kier molecular flexibility index (Phi) is 3.08. The summed E-state index contributed by atoms with van der Waals surface area (Å²) in [5.41, 5.74) is 1.03. The normalized spacial score (nSPS) is 10.1. The third kappa shape index (κ3) is 2.58. The van der Waals surface area contributed by atoms with E-state index < -0.39 is 0 Å². The molecule has 0 aliphatic heterocycles. The molecule has 1 aromatic carbocycles. The number of likely N-dealkylation sites (N-methyl/N-ethyl adjacent to an activating group) is 1. The Morgan fingerprint density at radius 3 is 2.67 bits per heavy atom. The standard InChI is InChI=1S/C10H11NO.H2/c1-11-10(12)8-7-9-5-3-2-4-6-9;/h2-8H,1H3,(H,11,12);1H/b8-7+;. The summed E-state index contributed by atoms with van der Waals surface area (Å²) >= 11 is 0. The van der Waals surface area contributed by atoms with Crippen LogP contribution in [0.3, 0.4) is 0 Å². The minimum atomic E-state index is -0.0844. The second-order valence-corrected chi connectivity index (χ2v) is 2.36. The van der Waals surface area contributed by atoms with Gasteiger partial charge in [0.05, 0.1) is 0 Å². The van der Waals surface area contributed by atoms with Crippen LogP contribution in [0.4, 0.5) is 0 Å². The fraction of sp³-hybridized carbons (Fsp3) is 0.100. The Morgan fingerprint density at radius 2 is 2.08 bits per heavy atom. The van der Waals surface area contributed by atoms with E-state index >= 15 is 0 Å². The zero-order chi connectivity index (χ0) is 8.81. The molecule has 0 saturated heterocycles. The number of carbonyl (C=O) groups is 1. The lowest BCUT2D eigenvalue weighted by molar-refractivity contribution is -0.115. The van der Waals surface area contributed by atoms with Gasteiger partial charge < -0.3 is 5.32 Å². The molecule has 0 bridgehead atoms. The van der Waals surface area contributed by atoms with E-state index in [2.05, 4.69) is 5.32 Å². The van der Waals surface area contributed by atoms with Crippen molar-refractivity contribution in [3.05, 3.63) is 42.0 Å². The molecular formula is C10H13NO. The molecular weight excluding hydrogens is 150 g/mol. The van der Waals surface area contributed by atoms with E-state index in [1.807, 2.05) is 30.3 Å². The van der Waals surface area contributed by atoms with Crippen LogP contribution in [0.5, 0.6) is 0 Å². The first-order valence-corrected chi connectivity index (χ1v) is 3.78. The van der Waals surface area contributed by atoms with Gasteiger partial charge in [0.1, 0.15) is 0 Å². The van der Waals surface area contributed by atoms with Crippen LogP contribution in [0, 0.1) is 0 Å². The van der Waals surface area contributed by atoms with Crippen molar-refractivity contribution in [3.63, 3.8) is 0 Å². The number of hydrogen-bond donors (Lipinski definition) is 1. The molecule has 1 amide bonds. The number of carbonyl (C=O) groups excluding carboxylic acids is 1. The van der Waals surface area contributed by atoms with Gasteiger partial charge in [-0.05, 0) is 11.6 Å². The molecule has 0 heterocycles. The van der Waals surface area contributed by atoms with E-state index in [0.717, 1.165) is 5.56 Å². The van der Waals surface area contributed by atoms with Crippen molar-refractivity contribution >= 4 is 12.0 Å². The minimum Gasteiger partial charge on any atom is -0.356 e. The Hall–Kier alpha value is -1.57. The average Bonchev–Trinajstić information content (AvgIpc) is 2.16. The molecule has 0 aliphatic rings. The number of nitrogens with one attached hydrogen (secondary N) is 1. The van der Waals surface area contributed by atoms with E-state index in [0.29, 0.717) is 0 Å². The summed E-state index contributed by atoms with van der Waals surface area (Å²) in [5, 5.41) is 2.51. The molecule has 0 saturated carbocycles. The maximum Gasteiger partial charge on any atom is 0.243 e. The first-order chi connectivity index (χ1) is 5.83. The van der Waals surface area contributed by atoms with Gasteiger partial charge >= 0.3 is 0 Å². The van der Waals surface area contributed by atoms with Crippen LogP contribution in [0.25, 0.3) is 6.08 Å². The third-order valence-corrected chi connectivity index (χ3v) is 1.47. The van der Waals surface area contributed by atoms with E-state index in [1.54, 1.807) is 13.1 Å². The summed E-state index contributed by atoms with van der Waals surface area (Å²) in [6, 6.07) is 9.70. The molecule has 64 valence electrons. The van der Waals surface area contributed by atoms with Gasteiger partial charge in [-0.15, -0.1) is 0 Å². The summed E-state index contributed by atoms with van der Waals surface area (Å²) in [4.78, 5) is 10.8. The third-order valence-electron chi connectivity index (χ3n) is 1.47. The van der Waals surface area contributed by atoms with Gasteiger partial charge in [0.2, 0.25) is 5.91 Å². The van der Waals surface area contributed by atoms with Crippen molar-refractivity contribution in [1.82, 2.24) is 5.32 Å². The molecule has 1 aromatic rings. The lowest BCUT2D eigenvalue weighted by Crippen LogP contribution is -2.13. The molecule has 0 atom stereocenters. The quantitative estimate of drug-likeness (QED) is 0.660. The molecule has 1 N–H and O–H groups in total. The molecule has 0 aromatic heterocycles. The van der Waals surface area contributed by atoms with Crippen molar-refractivity contribution in [2.24, 2.45) is 0 Å². The van der Waals surface area contributed by atoms with Crippen LogP contribution < -0.4 is 5.32 Å². The molecule has 0 unspecified atom stereocenters. The average molecular weight is 163 g/mol. The predicted octanol–water partition coefficient (Wildman–Crippen LogP) is 1.69. The highest BCUT2D eigenvalue weighted by molar-refractivity contribution is 5.91. The van der Waals surface area contributed by atoms with Crippen LogP contribution in [-0.2, 0) is 4.79 Å². The van der Waals surface area contributed by atoms with Gasteiger partial charge in [0.25, 0.3) is 0 Å². The van der Waals surface area contributed by atoms with Crippen molar-refractivity contribution in [3.8, 4) is 0 Å². The molecule has 0 aliphatic carbocycles. The van der Waals surface area contributed by atoms with Gasteiger partial charge in [-0.1, -0.05) is 30.3 Å². The highest BCUT2D eigenvalue weighted by Crippen LogP contribution is 1.99. The molecule has 0 fully saturated rings. The van der Waals surface area contributed by atoms with Gasteiger partial charge in [0.15, 0.2) is 0 Å². The van der Waals surface area contributed by atoms with Gasteiger partial charge in [-0.25, -0.2) is 0 Å². The number of hydrogen-bond acceptors (Lipinski definition) is 1. The fourth-order valence-electron chi connectivity index (χ4n) is 0.819. The van der Waals surface area contributed by atoms with Crippen molar-refractivity contribution in [1.29, 1.82) is 0 Å². The van der Waals surface area contributed by atoms with E-state index in [9.17, 15) is 4.79 Å². The van der Waals surface area contributed by atoms with Crippen LogP contribution in [0.2, 0.25) is 0 Å². The molecule has 2 heteroatoms. The number of amides is 1. The molecule has 0 radical (unpaired) electrons. The second-order valence-electron chi connectivity index (χ2n) is 2.36. The first kappa shape index (κ1) is 8.53. The lowest BCUT2D eigenvalue weighted by atomic mass is 10.2. The van der Waals surface area contributed by atoms with Gasteiger partial charge in [0, 0.05) is 14.6 Å². The Bertz CT molecular complexity index is 282. The predicted molar refractivity (Wildman–Crippen MR) is 51.7 cm³/mol. The zero-order valence-electron chi connectivity index (χ0n) is 6.95. The lowest BCUT2D eigenvalue weighted by Gasteiger charge is -1.91. The summed E-state index contributed by atoms with van der Waals surface area (Å²) in [7, 11) is 1.61. The Morgan fingerprint density at radius 1 is 1.42 bits per heavy atom. The Labute approximate surface area is 73.4 Å². The number of benzene rings is 1. The topological polar surface area (TPSA) is 29.1 Å². The summed E-state index contributed by atoms with van der Waals surface area (Å²) in [6.45, 7) is 0. The molecule has 12 heavy (non-hydrogen) atoms. The largest absolute Gasteiger partial charge is 0.356 e. The van der Waals surface area contributed by atoms with Crippen LogP contribution in [0.15, 0.2) is 36.4 Å². The van der Waals surface area contributed by atoms with Gasteiger partial charge in [-0.3, -0.25) is 4.79 Å². The summed E-state index contributed by atoms with van der Waals surface area (Å²) in [6.07, 6.45) is 3.29. The van der Waals surface area contributed by atoms with E-state index in [1.165, 1.54) is 6.08 Å². The fourth-order valence-corrected chi connectivity index (χ4v) is 0.819. The SMILES string of the molecule is CNC(=O)/C=C/c1ccccc1.[HH]. The maximum atomic E-state index is 10.8. The second kappa shape index (κ2) is 4.34. The smallest absolute Gasteiger partial charge is 0.243 e. The molecule has 2 nitrogen and oxygen atoms in total. The molecule has 0 spiro atoms. The molecule has 1 rings (SSSR count). The van der Waals surface area contributed by atoms with Crippen LogP contribution >= 0.6 is 0 Å². The summed E-state index contributed by atoms with van der Waals surface area (Å²) in [5.74, 6) is -0.0844. The van der Waals surface area contributed by atoms with Crippen LogP contribution in [-0.4, -0.2) is 13.0 Å². The van der Waals surface area contributed by atoms with Crippen molar-refractivity contribution in [2.45, 2.75) is 0 Å². The van der Waals surface area contributed by atoms with Crippen molar-refractivity contribution in [2.75, 3.05) is 7.05 Å². The highest BCUT2D eigenvalue weighted by Gasteiger charge is 1.87. The van der Waals surface area contributed by atoms with Crippen LogP contribution in [0.1, 0.15) is 6.99 Å². The van der Waals surface area contributed by atoms with Gasteiger partial charge in [-0.2, -0.15) is 0 Å². The Balaban J connectivity index is 0.00000144. The maximum absolute atomic E-state index is 10.8. The highest BCUT2D eigenvalue weighted by atomic mass is 16.1. The van der Waals surface area contributed by atoms with E-state index in [-0.39, 0.29) is 7.33 Å². The first-order valence-electron chi connectivity index (χ1n) is 3.78. The number of rotatable bonds is 2. The van der Waals surface area contributed by atoms with E-state index in [4.69, 9.17) is 0 Å².